The number of hydrazine groups is 1. The Bertz CT molecular complexity index is 583. The Morgan fingerprint density at radius 3 is 2.30 bits per heavy atom. The van der Waals surface area contributed by atoms with Crippen LogP contribution in [-0.4, -0.2) is 42.3 Å². The van der Waals surface area contributed by atoms with Gasteiger partial charge in [0.15, 0.2) is 0 Å². The third-order valence-corrected chi connectivity index (χ3v) is 4.31. The van der Waals surface area contributed by atoms with Gasteiger partial charge in [0, 0.05) is 16.0 Å². The van der Waals surface area contributed by atoms with Crippen LogP contribution >= 0.6 is 15.9 Å². The average molecular weight is 383 g/mol. The van der Waals surface area contributed by atoms with E-state index >= 15 is 0 Å². The van der Waals surface area contributed by atoms with Crippen molar-refractivity contribution in [2.24, 2.45) is 11.7 Å². The molecule has 0 aliphatic carbocycles. The van der Waals surface area contributed by atoms with Crippen molar-refractivity contribution in [2.45, 2.75) is 12.8 Å². The van der Waals surface area contributed by atoms with E-state index in [4.69, 9.17) is 5.73 Å². The Hall–Kier alpha value is -1.93. The zero-order chi connectivity index (χ0) is 16.8. The van der Waals surface area contributed by atoms with Crippen LogP contribution in [0.1, 0.15) is 23.2 Å². The zero-order valence-electron chi connectivity index (χ0n) is 12.5. The number of likely N-dealkylation sites (tertiary alicyclic amines) is 1. The van der Waals surface area contributed by atoms with Gasteiger partial charge in [0.25, 0.3) is 11.8 Å². The number of amides is 3. The number of piperidine rings is 1. The maximum Gasteiger partial charge on any atom is 0.269 e. The lowest BCUT2D eigenvalue weighted by molar-refractivity contribution is -0.124. The number of nitrogens with two attached hydrogens (primary N) is 1. The van der Waals surface area contributed by atoms with Gasteiger partial charge in [-0.15, -0.1) is 0 Å². The molecule has 4 N–H and O–H groups in total. The molecule has 0 radical (unpaired) electrons. The zero-order valence-corrected chi connectivity index (χ0v) is 14.1. The lowest BCUT2D eigenvalue weighted by atomic mass is 9.96. The van der Waals surface area contributed by atoms with E-state index in [0.717, 1.165) is 4.47 Å². The summed E-state index contributed by atoms with van der Waals surface area (Å²) in [7, 11) is 0. The van der Waals surface area contributed by atoms with Gasteiger partial charge in [-0.2, -0.15) is 0 Å². The molecule has 0 bridgehead atoms. The van der Waals surface area contributed by atoms with E-state index < -0.39 is 0 Å². The number of nitrogens with one attached hydrogen (secondary N) is 2. The second-order valence-electron chi connectivity index (χ2n) is 5.46. The van der Waals surface area contributed by atoms with Gasteiger partial charge in [-0.1, -0.05) is 15.9 Å². The number of carbonyl (C=O) groups is 3. The number of hydrogen-bond donors (Lipinski definition) is 3. The summed E-state index contributed by atoms with van der Waals surface area (Å²) < 4.78 is 0.873. The Morgan fingerprint density at radius 1 is 1.13 bits per heavy atom. The van der Waals surface area contributed by atoms with Crippen LogP contribution in [0.5, 0.6) is 0 Å². The van der Waals surface area contributed by atoms with E-state index in [0.29, 0.717) is 31.5 Å². The quantitative estimate of drug-likeness (QED) is 0.655. The maximum atomic E-state index is 11.9. The first-order chi connectivity index (χ1) is 11.0. The lowest BCUT2D eigenvalue weighted by Crippen LogP contribution is -2.48. The van der Waals surface area contributed by atoms with E-state index in [1.165, 1.54) is 0 Å². The molecule has 1 heterocycles. The number of hydrogen-bond acceptors (Lipinski definition) is 4. The average Bonchev–Trinajstić information content (AvgIpc) is 2.54. The fourth-order valence-electron chi connectivity index (χ4n) is 2.42. The van der Waals surface area contributed by atoms with Crippen LogP contribution in [0.2, 0.25) is 0 Å². The molecule has 0 atom stereocenters. The molecule has 1 aliphatic rings. The fourth-order valence-corrected chi connectivity index (χ4v) is 2.68. The van der Waals surface area contributed by atoms with Crippen LogP contribution in [-0.2, 0) is 9.59 Å². The number of carbonyl (C=O) groups excluding carboxylic acids is 3. The van der Waals surface area contributed by atoms with Crippen molar-refractivity contribution < 1.29 is 14.4 Å². The highest BCUT2D eigenvalue weighted by Gasteiger charge is 2.24. The molecule has 0 unspecified atom stereocenters. The van der Waals surface area contributed by atoms with Gasteiger partial charge in [-0.3, -0.25) is 30.1 Å². The highest BCUT2D eigenvalue weighted by atomic mass is 79.9. The minimum absolute atomic E-state index is 0.105. The number of benzene rings is 1. The molecule has 0 saturated carbocycles. The van der Waals surface area contributed by atoms with Crippen LogP contribution in [0, 0.1) is 5.92 Å². The molecular formula is C15H19BrN4O3. The molecule has 124 valence electrons. The Balaban J connectivity index is 1.72. The molecule has 8 heteroatoms. The van der Waals surface area contributed by atoms with E-state index in [1.807, 2.05) is 4.90 Å². The number of rotatable bonds is 4. The molecular weight excluding hydrogens is 364 g/mol. The SMILES string of the molecule is NC(=O)C1CCN(CC(=O)NNC(=O)c2ccc(Br)cc2)CC1. The molecule has 1 aromatic rings. The molecule has 23 heavy (non-hydrogen) atoms. The maximum absolute atomic E-state index is 11.9. The summed E-state index contributed by atoms with van der Waals surface area (Å²) in [6, 6.07) is 6.81. The molecule has 1 fully saturated rings. The van der Waals surface area contributed by atoms with E-state index in [9.17, 15) is 14.4 Å². The van der Waals surface area contributed by atoms with Crippen molar-refractivity contribution in [3.8, 4) is 0 Å². The first kappa shape index (κ1) is 17.4. The molecule has 3 amide bonds. The molecule has 2 rings (SSSR count). The summed E-state index contributed by atoms with van der Waals surface area (Å²) in [6.45, 7) is 1.45. The number of halogens is 1. The summed E-state index contributed by atoms with van der Waals surface area (Å²) in [5.74, 6) is -1.06. The third-order valence-electron chi connectivity index (χ3n) is 3.78. The Labute approximate surface area is 142 Å². The van der Waals surface area contributed by atoms with Gasteiger partial charge in [0.1, 0.15) is 0 Å². The lowest BCUT2D eigenvalue weighted by Gasteiger charge is -2.29. The van der Waals surface area contributed by atoms with Gasteiger partial charge in [0.05, 0.1) is 6.54 Å². The molecule has 1 aliphatic heterocycles. The standard InChI is InChI=1S/C15H19BrN4O3/c16-12-3-1-11(2-4-12)15(23)19-18-13(21)9-20-7-5-10(6-8-20)14(17)22/h1-4,10H,5-9H2,(H2,17,22)(H,18,21)(H,19,23). The topological polar surface area (TPSA) is 105 Å². The van der Waals surface area contributed by atoms with Crippen LogP contribution in [0.15, 0.2) is 28.7 Å². The van der Waals surface area contributed by atoms with Crippen LogP contribution in [0.4, 0.5) is 0 Å². The molecule has 0 spiro atoms. The van der Waals surface area contributed by atoms with Crippen LogP contribution in [0.25, 0.3) is 0 Å². The van der Waals surface area contributed by atoms with Crippen molar-refractivity contribution in [3.63, 3.8) is 0 Å². The summed E-state index contributed by atoms with van der Waals surface area (Å²) in [6.07, 6.45) is 1.32. The van der Waals surface area contributed by atoms with Crippen molar-refractivity contribution in [3.05, 3.63) is 34.3 Å². The molecule has 1 aromatic carbocycles. The highest BCUT2D eigenvalue weighted by molar-refractivity contribution is 9.10. The number of primary amides is 1. The largest absolute Gasteiger partial charge is 0.369 e. The summed E-state index contributed by atoms with van der Waals surface area (Å²) in [5.41, 5.74) is 10.5. The second-order valence-corrected chi connectivity index (χ2v) is 6.38. The van der Waals surface area contributed by atoms with E-state index in [-0.39, 0.29) is 30.2 Å². The first-order valence-electron chi connectivity index (χ1n) is 7.32. The minimum atomic E-state index is -0.377. The van der Waals surface area contributed by atoms with Crippen molar-refractivity contribution in [1.82, 2.24) is 15.8 Å². The summed E-state index contributed by atoms with van der Waals surface area (Å²) >= 11 is 3.29. The third kappa shape index (κ3) is 5.33. The van der Waals surface area contributed by atoms with Gasteiger partial charge < -0.3 is 5.73 Å². The predicted octanol–water partition coefficient (Wildman–Crippen LogP) is 0.407. The van der Waals surface area contributed by atoms with Gasteiger partial charge >= 0.3 is 0 Å². The number of nitrogens with zero attached hydrogens (tertiary/aromatic N) is 1. The summed E-state index contributed by atoms with van der Waals surface area (Å²) in [4.78, 5) is 36.7. The normalized spacial score (nSPS) is 15.9. The molecule has 1 saturated heterocycles. The molecule has 7 nitrogen and oxygen atoms in total. The van der Waals surface area contributed by atoms with Gasteiger partial charge in [-0.05, 0) is 50.2 Å². The van der Waals surface area contributed by atoms with Crippen LogP contribution in [0.3, 0.4) is 0 Å². The fraction of sp³-hybridized carbons (Fsp3) is 0.400. The molecule has 0 aromatic heterocycles. The second kappa shape index (κ2) is 8.07. The Kier molecular flexibility index (Phi) is 6.12. The van der Waals surface area contributed by atoms with E-state index in [1.54, 1.807) is 24.3 Å². The van der Waals surface area contributed by atoms with Crippen molar-refractivity contribution >= 4 is 33.7 Å². The van der Waals surface area contributed by atoms with Gasteiger partial charge in [0.2, 0.25) is 5.91 Å². The van der Waals surface area contributed by atoms with Gasteiger partial charge in [-0.25, -0.2) is 0 Å². The highest BCUT2D eigenvalue weighted by Crippen LogP contribution is 2.16. The minimum Gasteiger partial charge on any atom is -0.369 e. The van der Waals surface area contributed by atoms with Crippen molar-refractivity contribution in [2.75, 3.05) is 19.6 Å². The van der Waals surface area contributed by atoms with Crippen LogP contribution < -0.4 is 16.6 Å². The Morgan fingerprint density at radius 2 is 1.74 bits per heavy atom. The van der Waals surface area contributed by atoms with Crippen molar-refractivity contribution in [1.29, 1.82) is 0 Å². The monoisotopic (exact) mass is 382 g/mol. The van der Waals surface area contributed by atoms with E-state index in [2.05, 4.69) is 26.8 Å². The summed E-state index contributed by atoms with van der Waals surface area (Å²) in [5, 5.41) is 0. The predicted molar refractivity (Wildman–Crippen MR) is 88.1 cm³/mol. The first-order valence-corrected chi connectivity index (χ1v) is 8.11. The smallest absolute Gasteiger partial charge is 0.269 e.